The summed E-state index contributed by atoms with van der Waals surface area (Å²) in [6.45, 7) is 9.21. The van der Waals surface area contributed by atoms with E-state index in [4.69, 9.17) is 5.73 Å². The fraction of sp³-hybridized carbons (Fsp3) is 0.923. The van der Waals surface area contributed by atoms with Crippen LogP contribution >= 0.6 is 0 Å². The van der Waals surface area contributed by atoms with Crippen molar-refractivity contribution >= 4 is 5.91 Å². The molecule has 4 nitrogen and oxygen atoms in total. The molecule has 0 aliphatic rings. The number of nitrogens with two attached hydrogens (primary N) is 1. The minimum absolute atomic E-state index is 0.0330. The Balaban J connectivity index is 4.28. The minimum atomic E-state index is -0.0330. The molecule has 0 aromatic heterocycles. The van der Waals surface area contributed by atoms with Crippen LogP contribution in [0.15, 0.2) is 0 Å². The topological polar surface area (TPSA) is 49.6 Å². The molecule has 102 valence electrons. The van der Waals surface area contributed by atoms with Gasteiger partial charge < -0.3 is 15.5 Å². The zero-order valence-corrected chi connectivity index (χ0v) is 12.1. The summed E-state index contributed by atoms with van der Waals surface area (Å²) in [7, 11) is 4.10. The normalized spacial score (nSPS) is 13.2. The lowest BCUT2D eigenvalue weighted by Gasteiger charge is -2.28. The molecule has 0 heterocycles. The van der Waals surface area contributed by atoms with Gasteiger partial charge in [0.05, 0.1) is 5.92 Å². The lowest BCUT2D eigenvalue weighted by atomic mass is 9.94. The van der Waals surface area contributed by atoms with Gasteiger partial charge in [-0.2, -0.15) is 0 Å². The molecular formula is C13H29N3O. The van der Waals surface area contributed by atoms with E-state index in [0.717, 1.165) is 26.1 Å². The second-order valence-electron chi connectivity index (χ2n) is 5.16. The minimum Gasteiger partial charge on any atom is -0.343 e. The van der Waals surface area contributed by atoms with Crippen LogP contribution in [-0.4, -0.2) is 56.0 Å². The zero-order valence-electron chi connectivity index (χ0n) is 12.1. The van der Waals surface area contributed by atoms with Crippen LogP contribution < -0.4 is 5.73 Å². The van der Waals surface area contributed by atoms with Gasteiger partial charge in [0, 0.05) is 19.6 Å². The molecule has 0 aromatic rings. The summed E-state index contributed by atoms with van der Waals surface area (Å²) in [5.41, 5.74) is 5.69. The van der Waals surface area contributed by atoms with Crippen molar-refractivity contribution in [2.45, 2.75) is 27.2 Å². The molecule has 0 saturated heterocycles. The Morgan fingerprint density at radius 3 is 2.18 bits per heavy atom. The highest BCUT2D eigenvalue weighted by Gasteiger charge is 2.24. The van der Waals surface area contributed by atoms with E-state index in [9.17, 15) is 4.79 Å². The molecule has 0 aromatic carbocycles. The zero-order chi connectivity index (χ0) is 13.4. The summed E-state index contributed by atoms with van der Waals surface area (Å²) in [5.74, 6) is 0.494. The van der Waals surface area contributed by atoms with Gasteiger partial charge in [-0.1, -0.05) is 13.8 Å². The number of carbonyl (C=O) groups excluding carboxylic acids is 1. The summed E-state index contributed by atoms with van der Waals surface area (Å²) >= 11 is 0. The van der Waals surface area contributed by atoms with E-state index in [2.05, 4.69) is 32.8 Å². The number of amides is 1. The van der Waals surface area contributed by atoms with E-state index >= 15 is 0 Å². The Bertz CT molecular complexity index is 217. The largest absolute Gasteiger partial charge is 0.343 e. The summed E-state index contributed by atoms with van der Waals surface area (Å²) in [5, 5.41) is 0. The Kier molecular flexibility index (Phi) is 8.17. The molecular weight excluding hydrogens is 214 g/mol. The predicted octanol–water partition coefficient (Wildman–Crippen LogP) is 1.02. The van der Waals surface area contributed by atoms with E-state index in [1.54, 1.807) is 0 Å². The van der Waals surface area contributed by atoms with Crippen LogP contribution in [0.5, 0.6) is 0 Å². The highest BCUT2D eigenvalue weighted by Crippen LogP contribution is 2.13. The third kappa shape index (κ3) is 6.03. The molecule has 1 unspecified atom stereocenters. The van der Waals surface area contributed by atoms with Crippen molar-refractivity contribution in [2.75, 3.05) is 40.3 Å². The summed E-state index contributed by atoms with van der Waals surface area (Å²) in [4.78, 5) is 16.3. The molecule has 17 heavy (non-hydrogen) atoms. The smallest absolute Gasteiger partial charge is 0.227 e. The van der Waals surface area contributed by atoms with Crippen molar-refractivity contribution in [3.05, 3.63) is 0 Å². The Morgan fingerprint density at radius 2 is 1.82 bits per heavy atom. The lowest BCUT2D eigenvalue weighted by Crippen LogP contribution is -2.42. The highest BCUT2D eigenvalue weighted by molar-refractivity contribution is 5.79. The van der Waals surface area contributed by atoms with Gasteiger partial charge in [0.25, 0.3) is 0 Å². The van der Waals surface area contributed by atoms with E-state index < -0.39 is 0 Å². The maximum atomic E-state index is 12.3. The number of hydrogen-bond acceptors (Lipinski definition) is 3. The first-order chi connectivity index (χ1) is 7.93. The molecule has 1 atom stereocenters. The maximum absolute atomic E-state index is 12.3. The molecule has 2 N–H and O–H groups in total. The van der Waals surface area contributed by atoms with Crippen LogP contribution in [0.4, 0.5) is 0 Å². The standard InChI is InChI=1S/C13H29N3O/c1-6-16(9-7-8-15(4)5)13(17)12(10-14)11(2)3/h11-12H,6-10,14H2,1-5H3. The van der Waals surface area contributed by atoms with Gasteiger partial charge in [0.2, 0.25) is 5.91 Å². The first-order valence-electron chi connectivity index (χ1n) is 6.57. The maximum Gasteiger partial charge on any atom is 0.227 e. The van der Waals surface area contributed by atoms with Crippen LogP contribution in [-0.2, 0) is 4.79 Å². The van der Waals surface area contributed by atoms with Crippen LogP contribution in [0, 0.1) is 11.8 Å². The van der Waals surface area contributed by atoms with Crippen LogP contribution in [0.2, 0.25) is 0 Å². The summed E-state index contributed by atoms with van der Waals surface area (Å²) < 4.78 is 0. The van der Waals surface area contributed by atoms with Crippen LogP contribution in [0.1, 0.15) is 27.2 Å². The molecule has 0 aliphatic heterocycles. The molecule has 1 amide bonds. The fourth-order valence-corrected chi connectivity index (χ4v) is 1.89. The molecule has 0 aliphatic carbocycles. The predicted molar refractivity (Wildman–Crippen MR) is 72.8 cm³/mol. The van der Waals surface area contributed by atoms with Gasteiger partial charge >= 0.3 is 0 Å². The number of rotatable bonds is 8. The van der Waals surface area contributed by atoms with Gasteiger partial charge in [-0.15, -0.1) is 0 Å². The van der Waals surface area contributed by atoms with Crippen molar-refractivity contribution in [3.8, 4) is 0 Å². The first-order valence-corrected chi connectivity index (χ1v) is 6.57. The van der Waals surface area contributed by atoms with Crippen molar-refractivity contribution < 1.29 is 4.79 Å². The van der Waals surface area contributed by atoms with E-state index in [0.29, 0.717) is 12.5 Å². The van der Waals surface area contributed by atoms with Crippen molar-refractivity contribution in [1.82, 2.24) is 9.80 Å². The molecule has 0 fully saturated rings. The van der Waals surface area contributed by atoms with Crippen LogP contribution in [0.25, 0.3) is 0 Å². The van der Waals surface area contributed by atoms with Crippen molar-refractivity contribution in [1.29, 1.82) is 0 Å². The summed E-state index contributed by atoms with van der Waals surface area (Å²) in [6, 6.07) is 0. The SMILES string of the molecule is CCN(CCCN(C)C)C(=O)C(CN)C(C)C. The molecule has 0 radical (unpaired) electrons. The van der Waals surface area contributed by atoms with Gasteiger partial charge in [0.1, 0.15) is 0 Å². The van der Waals surface area contributed by atoms with Crippen molar-refractivity contribution in [3.63, 3.8) is 0 Å². The lowest BCUT2D eigenvalue weighted by molar-refractivity contribution is -0.136. The third-order valence-corrected chi connectivity index (χ3v) is 3.10. The number of hydrogen-bond donors (Lipinski definition) is 1. The Hall–Kier alpha value is -0.610. The second-order valence-corrected chi connectivity index (χ2v) is 5.16. The monoisotopic (exact) mass is 243 g/mol. The first kappa shape index (κ1) is 16.4. The van der Waals surface area contributed by atoms with E-state index in [1.165, 1.54) is 0 Å². The Labute approximate surface area is 106 Å². The van der Waals surface area contributed by atoms with Gasteiger partial charge in [-0.05, 0) is 39.9 Å². The average Bonchev–Trinajstić information content (AvgIpc) is 2.24. The quantitative estimate of drug-likeness (QED) is 0.692. The van der Waals surface area contributed by atoms with Gasteiger partial charge in [-0.3, -0.25) is 4.79 Å². The van der Waals surface area contributed by atoms with E-state index in [1.807, 2.05) is 11.8 Å². The molecule has 0 rings (SSSR count). The van der Waals surface area contributed by atoms with Crippen LogP contribution in [0.3, 0.4) is 0 Å². The van der Waals surface area contributed by atoms with Gasteiger partial charge in [-0.25, -0.2) is 0 Å². The molecule has 0 bridgehead atoms. The third-order valence-electron chi connectivity index (χ3n) is 3.10. The second kappa shape index (κ2) is 8.48. The molecule has 0 saturated carbocycles. The fourth-order valence-electron chi connectivity index (χ4n) is 1.89. The molecule has 4 heteroatoms. The number of carbonyl (C=O) groups is 1. The Morgan fingerprint density at radius 1 is 1.24 bits per heavy atom. The van der Waals surface area contributed by atoms with E-state index in [-0.39, 0.29) is 11.8 Å². The number of nitrogens with zero attached hydrogens (tertiary/aromatic N) is 2. The molecule has 0 spiro atoms. The highest BCUT2D eigenvalue weighted by atomic mass is 16.2. The summed E-state index contributed by atoms with van der Waals surface area (Å²) in [6.07, 6.45) is 1.02. The van der Waals surface area contributed by atoms with Gasteiger partial charge in [0.15, 0.2) is 0 Å². The average molecular weight is 243 g/mol. The van der Waals surface area contributed by atoms with Crippen molar-refractivity contribution in [2.24, 2.45) is 17.6 Å².